The molecule has 14 N–H and O–H groups in total. The number of nitrogens with two attached hydrogens (primary N) is 4. The monoisotopic (exact) mass is 1820 g/mol. The molecule has 136 heavy (non-hydrogen) atoms. The maximum Gasteiger partial charge on any atom is 0.249 e. The zero-order chi connectivity index (χ0) is 95.0. The van der Waals surface area contributed by atoms with E-state index in [2.05, 4.69) is 80.4 Å². The number of benzene rings is 8. The number of nitrogens with zero attached hydrogens (tertiary/aromatic N) is 16. The van der Waals surface area contributed by atoms with Gasteiger partial charge < -0.3 is 74.4 Å². The molecule has 4 aliphatic heterocycles. The number of aryl methyl sites for hydroxylation is 4. The van der Waals surface area contributed by atoms with Crippen LogP contribution in [-0.2, 0) is 87.6 Å². The van der Waals surface area contributed by atoms with Crippen molar-refractivity contribution in [3.63, 3.8) is 0 Å². The molecule has 0 atom stereocenters. The van der Waals surface area contributed by atoms with Crippen LogP contribution >= 0.6 is 0 Å². The molecular weight excluding hydrogens is 1710 g/mol. The number of hydrogen-bond acceptors (Lipinski definition) is 22. The summed E-state index contributed by atoms with van der Waals surface area (Å²) < 4.78 is 7.89. The summed E-state index contributed by atoms with van der Waals surface area (Å²) in [4.78, 5) is 120. The average molecular weight is 1820 g/mol. The summed E-state index contributed by atoms with van der Waals surface area (Å²) in [5, 5.41) is 24.0. The molecule has 0 bridgehead atoms. The van der Waals surface area contributed by atoms with Gasteiger partial charge >= 0.3 is 0 Å². The number of fused-ring (bicyclic) bond motifs is 8. The van der Waals surface area contributed by atoms with Crippen LogP contribution in [0.3, 0.4) is 0 Å². The lowest BCUT2D eigenvalue weighted by Crippen LogP contribution is -2.41. The quantitative estimate of drug-likeness (QED) is 0.0269. The van der Waals surface area contributed by atoms with Crippen LogP contribution in [0.1, 0.15) is 131 Å². The van der Waals surface area contributed by atoms with Gasteiger partial charge in [-0.25, -0.2) is 19.9 Å². The van der Waals surface area contributed by atoms with Crippen LogP contribution in [0.2, 0.25) is 0 Å². The number of rotatable bonds is 24. The largest absolute Gasteiger partial charge is 0.366 e. The van der Waals surface area contributed by atoms with E-state index in [1.165, 1.54) is 11.1 Å². The predicted octanol–water partition coefficient (Wildman–Crippen LogP) is 11.9. The first-order valence-electron chi connectivity index (χ1n) is 45.5. The smallest absolute Gasteiger partial charge is 0.249 e. The lowest BCUT2D eigenvalue weighted by atomic mass is 10.0. The third kappa shape index (κ3) is 20.1. The van der Waals surface area contributed by atoms with Crippen molar-refractivity contribution in [3.8, 4) is 23.8 Å². The normalized spacial score (nSPS) is 13.2. The Hall–Kier alpha value is -15.9. The molecule has 0 fully saturated rings. The van der Waals surface area contributed by atoms with Crippen molar-refractivity contribution in [3.05, 3.63) is 331 Å². The molecule has 0 aliphatic carbocycles. The second-order valence-corrected chi connectivity index (χ2v) is 34.9. The van der Waals surface area contributed by atoms with E-state index in [9.17, 15) is 28.8 Å². The van der Waals surface area contributed by atoms with E-state index in [1.807, 2.05) is 239 Å². The van der Waals surface area contributed by atoms with Gasteiger partial charge in [-0.15, -0.1) is 0 Å². The van der Waals surface area contributed by atoms with Gasteiger partial charge in [-0.05, 0) is 170 Å². The third-order valence-corrected chi connectivity index (χ3v) is 24.7. The number of carbonyl (C=O) groups excluding carboxylic acids is 6. The molecule has 0 spiro atoms. The summed E-state index contributed by atoms with van der Waals surface area (Å²) in [6.45, 7) is 16.5. The summed E-state index contributed by atoms with van der Waals surface area (Å²) in [6.07, 6.45) is 3.03. The molecule has 692 valence electrons. The molecule has 32 nitrogen and oxygen atoms in total. The SMILES string of the molecule is Cc1cc2c(C(N)=O)cccc2n1-c1nc2c(c(NCc3ccccc3)n1)CCN(C(=O)CN(C)C)C2.Cc1cc2c(C(N)=O)cccc2n1-c1nc2c(c(NCc3ccccc3)n1)CCNC2.Cc1cc2c(C(N)=O)cccc2n1-c1nc2c(c(NCc3ccccc3)n1)CN(C(=O)CN(C)C)CC2.Cc1cc2c(C(N)=O)cccc2n1-c1nc2c(c(NCc3ccccc3)n1)CNCC2. The highest BCUT2D eigenvalue weighted by Gasteiger charge is 2.32. The topological polar surface area (TPSA) is 414 Å². The molecule has 0 saturated carbocycles. The Bertz CT molecular complexity index is 7010. The van der Waals surface area contributed by atoms with Gasteiger partial charge in [0.05, 0.1) is 71.0 Å². The van der Waals surface area contributed by atoms with Gasteiger partial charge in [-0.3, -0.25) is 47.0 Å². The Balaban J connectivity index is 0.000000126. The first kappa shape index (κ1) is 92.0. The van der Waals surface area contributed by atoms with E-state index >= 15 is 0 Å². The number of amides is 6. The van der Waals surface area contributed by atoms with Crippen LogP contribution in [0, 0.1) is 27.7 Å². The van der Waals surface area contributed by atoms with E-state index < -0.39 is 23.6 Å². The van der Waals surface area contributed by atoms with Gasteiger partial charge in [0.2, 0.25) is 59.2 Å². The summed E-state index contributed by atoms with van der Waals surface area (Å²) in [7, 11) is 7.57. The highest BCUT2D eigenvalue weighted by Crippen LogP contribution is 2.36. The van der Waals surface area contributed by atoms with Gasteiger partial charge in [0.25, 0.3) is 0 Å². The minimum absolute atomic E-state index is 0.0725. The first-order valence-corrected chi connectivity index (χ1v) is 45.5. The van der Waals surface area contributed by atoms with Crippen LogP contribution < -0.4 is 54.8 Å². The second-order valence-electron chi connectivity index (χ2n) is 34.9. The second kappa shape index (κ2) is 40.7. The fourth-order valence-corrected chi connectivity index (χ4v) is 18.1. The van der Waals surface area contributed by atoms with Crippen LogP contribution in [0.15, 0.2) is 218 Å². The van der Waals surface area contributed by atoms with Crippen LogP contribution in [0.5, 0.6) is 0 Å². The molecule has 8 aromatic carbocycles. The lowest BCUT2D eigenvalue weighted by molar-refractivity contribution is -0.133. The van der Waals surface area contributed by atoms with Crippen molar-refractivity contribution in [2.75, 3.05) is 88.7 Å². The van der Waals surface area contributed by atoms with Crippen molar-refractivity contribution >= 4 is 102 Å². The molecule has 0 unspecified atom stereocenters. The van der Waals surface area contributed by atoms with Crippen LogP contribution in [0.25, 0.3) is 67.4 Å². The van der Waals surface area contributed by atoms with Gasteiger partial charge in [0.1, 0.15) is 23.3 Å². The van der Waals surface area contributed by atoms with E-state index in [4.69, 9.17) is 62.8 Å². The maximum atomic E-state index is 12.8. The van der Waals surface area contributed by atoms with Crippen molar-refractivity contribution < 1.29 is 28.8 Å². The molecule has 6 amide bonds. The highest BCUT2D eigenvalue weighted by molar-refractivity contribution is 6.09. The van der Waals surface area contributed by atoms with Gasteiger partial charge in [-0.2, -0.15) is 19.9 Å². The third-order valence-electron chi connectivity index (χ3n) is 24.7. The van der Waals surface area contributed by atoms with Crippen molar-refractivity contribution in [2.45, 2.75) is 106 Å². The Morgan fingerprint density at radius 3 is 0.985 bits per heavy atom. The van der Waals surface area contributed by atoms with E-state index in [-0.39, 0.29) is 11.8 Å². The molecule has 0 saturated heterocycles. The molecule has 4 aliphatic rings. The van der Waals surface area contributed by atoms with Crippen LogP contribution in [-0.4, -0.2) is 181 Å². The van der Waals surface area contributed by atoms with Gasteiger partial charge in [0, 0.05) is 161 Å². The Labute approximate surface area is 787 Å². The average Bonchev–Trinajstić information content (AvgIpc) is 1.59. The minimum Gasteiger partial charge on any atom is -0.366 e. The van der Waals surface area contributed by atoms with E-state index in [1.54, 1.807) is 24.3 Å². The van der Waals surface area contributed by atoms with Gasteiger partial charge in [-0.1, -0.05) is 146 Å². The summed E-state index contributed by atoms with van der Waals surface area (Å²) in [5.74, 6) is 3.70. The number of anilines is 4. The molecular formula is C104H110N26O6. The zero-order valence-corrected chi connectivity index (χ0v) is 77.4. The van der Waals surface area contributed by atoms with Gasteiger partial charge in [0.15, 0.2) is 0 Å². The Morgan fingerprint density at radius 1 is 0.324 bits per heavy atom. The molecule has 32 heteroatoms. The number of aromatic nitrogens is 12. The summed E-state index contributed by atoms with van der Waals surface area (Å²) >= 11 is 0. The molecule has 12 heterocycles. The molecule has 20 rings (SSSR count). The summed E-state index contributed by atoms with van der Waals surface area (Å²) in [6, 6.07) is 70.7. The fraction of sp³-hybridized carbons (Fsp3) is 0.250. The van der Waals surface area contributed by atoms with Crippen molar-refractivity contribution in [2.24, 2.45) is 22.9 Å². The molecule has 0 radical (unpaired) electrons. The standard InChI is InChI=1S/2C28H31N7O2.2C24H24N6O/c1-18-14-21-20(26(29)37)10-7-11-24(21)35(18)28-31-23-12-13-34(25(36)17-33(2)3)16-22(23)27(32-28)30-15-19-8-5-4-6-9-19;1-18-14-22-20(26(29)37)10-7-11-24(22)35(18)28-31-23-16-34(25(36)17-33(2)3)13-12-21(23)27(32-28)30-15-19-8-5-4-6-9-19;1-15-12-18-17(22(25)31)8-5-9-21(18)30(15)24-28-20-10-11-26-14-19(20)23(29-24)27-13-16-6-3-2-4-7-16;1-15-12-19-17(22(25)31)8-5-9-21(19)30(15)24-28-20-14-26-11-10-18(20)23(29-24)27-13-16-6-3-2-4-7-16/h2*4-11,14H,12-13,15-17H2,1-3H3,(H2,29,37)(H,30,31,32);2*2-9,12,26H,10-11,13-14H2,1H3,(H2,25,31)(H,27,28,29). The summed E-state index contributed by atoms with van der Waals surface area (Å²) in [5.41, 5.74) is 44.1. The zero-order valence-electron chi connectivity index (χ0n) is 77.4. The molecule has 16 aromatic rings. The van der Waals surface area contributed by atoms with Crippen molar-refractivity contribution in [1.82, 2.24) is 88.4 Å². The number of carbonyl (C=O) groups is 6. The first-order chi connectivity index (χ1) is 65.9. The highest BCUT2D eigenvalue weighted by atomic mass is 16.2. The number of likely N-dealkylation sites (N-methyl/N-ethyl adjacent to an activating group) is 2. The van der Waals surface area contributed by atoms with Crippen LogP contribution in [0.4, 0.5) is 23.3 Å². The van der Waals surface area contributed by atoms with Crippen molar-refractivity contribution in [1.29, 1.82) is 0 Å². The maximum absolute atomic E-state index is 12.8. The molecule has 8 aromatic heterocycles. The number of primary amides is 4. The van der Waals surface area contributed by atoms with E-state index in [0.29, 0.717) is 137 Å². The Morgan fingerprint density at radius 2 is 0.625 bits per heavy atom. The van der Waals surface area contributed by atoms with E-state index in [0.717, 1.165) is 172 Å². The lowest BCUT2D eigenvalue weighted by Gasteiger charge is -2.30. The predicted molar refractivity (Wildman–Crippen MR) is 530 cm³/mol. The number of hydrogen-bond donors (Lipinski definition) is 10. The minimum atomic E-state index is -0.477. The Kier molecular flexibility index (Phi) is 27.5. The number of nitrogens with one attached hydrogen (secondary N) is 6. The fourth-order valence-electron chi connectivity index (χ4n) is 18.1.